The van der Waals surface area contributed by atoms with Gasteiger partial charge in [0.25, 0.3) is 5.69 Å². The molecule has 0 aromatic heterocycles. The minimum absolute atomic E-state index is 0.104. The van der Waals surface area contributed by atoms with Gasteiger partial charge >= 0.3 is 5.97 Å². The fourth-order valence-corrected chi connectivity index (χ4v) is 1.42. The van der Waals surface area contributed by atoms with E-state index in [4.69, 9.17) is 10.00 Å². The van der Waals surface area contributed by atoms with Gasteiger partial charge in [0.2, 0.25) is 0 Å². The number of carbonyl (C=O) groups excluding carboxylic acids is 1. The molecule has 1 aromatic rings. The molecule has 1 atom stereocenters. The van der Waals surface area contributed by atoms with Crippen molar-refractivity contribution in [1.82, 2.24) is 0 Å². The molecule has 0 saturated heterocycles. The van der Waals surface area contributed by atoms with Gasteiger partial charge in [-0.2, -0.15) is 5.26 Å². The van der Waals surface area contributed by atoms with Gasteiger partial charge < -0.3 is 10.1 Å². The van der Waals surface area contributed by atoms with E-state index in [1.54, 1.807) is 6.92 Å². The fraction of sp³-hybridized carbons (Fsp3) is 0.333. The number of carbonyl (C=O) groups is 1. The Bertz CT molecular complexity index is 536. The Morgan fingerprint density at radius 2 is 2.32 bits per heavy atom. The van der Waals surface area contributed by atoms with Crippen LogP contribution in [0.3, 0.4) is 0 Å². The summed E-state index contributed by atoms with van der Waals surface area (Å²) in [5.41, 5.74) is 0.308. The molecule has 0 spiro atoms. The molecule has 0 unspecified atom stereocenters. The number of hydrogen-bond donors (Lipinski definition) is 1. The lowest BCUT2D eigenvalue weighted by Crippen LogP contribution is -2.23. The van der Waals surface area contributed by atoms with Crippen LogP contribution in [0.5, 0.6) is 0 Å². The van der Waals surface area contributed by atoms with Crippen molar-refractivity contribution in [2.24, 2.45) is 0 Å². The first-order valence-corrected chi connectivity index (χ1v) is 5.52. The van der Waals surface area contributed by atoms with E-state index in [0.29, 0.717) is 0 Å². The molecular formula is C12H13N3O4. The molecule has 1 rings (SSSR count). The number of hydrogen-bond acceptors (Lipinski definition) is 6. The number of benzene rings is 1. The summed E-state index contributed by atoms with van der Waals surface area (Å²) >= 11 is 0. The van der Waals surface area contributed by atoms with Gasteiger partial charge in [0, 0.05) is 13.0 Å². The van der Waals surface area contributed by atoms with E-state index in [1.807, 2.05) is 6.07 Å². The second kappa shape index (κ2) is 6.35. The highest BCUT2D eigenvalue weighted by Crippen LogP contribution is 2.25. The van der Waals surface area contributed by atoms with Gasteiger partial charge in [0.05, 0.1) is 22.6 Å². The molecule has 7 heteroatoms. The van der Waals surface area contributed by atoms with E-state index in [9.17, 15) is 14.9 Å². The van der Waals surface area contributed by atoms with E-state index in [2.05, 4.69) is 5.32 Å². The van der Waals surface area contributed by atoms with Gasteiger partial charge in [0.15, 0.2) is 0 Å². The third kappa shape index (κ3) is 4.27. The largest absolute Gasteiger partial charge is 0.464 e. The summed E-state index contributed by atoms with van der Waals surface area (Å²) in [7, 11) is 0. The normalized spacial score (nSPS) is 11.2. The molecule has 1 N–H and O–H groups in total. The Morgan fingerprint density at radius 1 is 1.63 bits per heavy atom. The molecule has 7 nitrogen and oxygen atoms in total. The zero-order chi connectivity index (χ0) is 14.4. The summed E-state index contributed by atoms with van der Waals surface area (Å²) in [5, 5.41) is 22.5. The van der Waals surface area contributed by atoms with Crippen LogP contribution >= 0.6 is 0 Å². The zero-order valence-electron chi connectivity index (χ0n) is 10.5. The summed E-state index contributed by atoms with van der Waals surface area (Å²) in [6.45, 7) is 3.12. The molecule has 1 aromatic carbocycles. The van der Waals surface area contributed by atoms with Crippen molar-refractivity contribution in [3.8, 4) is 6.07 Å². The number of nitro benzene ring substituents is 1. The second-order valence-electron chi connectivity index (χ2n) is 3.95. The summed E-state index contributed by atoms with van der Waals surface area (Å²) < 4.78 is 4.80. The van der Waals surface area contributed by atoms with E-state index in [-0.39, 0.29) is 29.6 Å². The number of nitriles is 1. The second-order valence-corrected chi connectivity index (χ2v) is 3.95. The third-order valence-electron chi connectivity index (χ3n) is 2.26. The van der Waals surface area contributed by atoms with Gasteiger partial charge in [-0.3, -0.25) is 14.9 Å². The smallest absolute Gasteiger partial charge is 0.302 e. The number of nitrogens with one attached hydrogen (secondary N) is 1. The van der Waals surface area contributed by atoms with E-state index in [1.165, 1.54) is 25.1 Å². The molecular weight excluding hydrogens is 250 g/mol. The van der Waals surface area contributed by atoms with Crippen molar-refractivity contribution in [3.63, 3.8) is 0 Å². The van der Waals surface area contributed by atoms with Gasteiger partial charge in [-0.05, 0) is 19.1 Å². The van der Waals surface area contributed by atoms with Crippen LogP contribution < -0.4 is 5.32 Å². The molecule has 0 heterocycles. The summed E-state index contributed by atoms with van der Waals surface area (Å²) in [6.07, 6.45) is 0. The maximum atomic E-state index is 10.9. The molecule has 19 heavy (non-hydrogen) atoms. The van der Waals surface area contributed by atoms with E-state index < -0.39 is 10.9 Å². The third-order valence-corrected chi connectivity index (χ3v) is 2.26. The first-order valence-electron chi connectivity index (χ1n) is 5.52. The van der Waals surface area contributed by atoms with Crippen molar-refractivity contribution < 1.29 is 14.5 Å². The number of ether oxygens (including phenoxy) is 1. The predicted molar refractivity (Wildman–Crippen MR) is 67.5 cm³/mol. The Hall–Kier alpha value is -2.62. The maximum absolute atomic E-state index is 10.9. The monoisotopic (exact) mass is 263 g/mol. The number of esters is 1. The van der Waals surface area contributed by atoms with Crippen molar-refractivity contribution in [1.29, 1.82) is 5.26 Å². The quantitative estimate of drug-likeness (QED) is 0.493. The zero-order valence-corrected chi connectivity index (χ0v) is 10.5. The number of nitro groups is 1. The Labute approximate surface area is 109 Å². The summed E-state index contributed by atoms with van der Waals surface area (Å²) in [6, 6.07) is 5.69. The van der Waals surface area contributed by atoms with Gasteiger partial charge in [-0.15, -0.1) is 0 Å². The highest BCUT2D eigenvalue weighted by atomic mass is 16.6. The minimum atomic E-state index is -0.568. The number of nitrogens with zero attached hydrogens (tertiary/aromatic N) is 2. The standard InChI is InChI=1S/C12H13N3O4/c1-8(7-19-9(2)16)14-11-4-3-10(6-13)5-12(11)15(17)18/h3-5,8,14H,7H2,1-2H3/t8-/m1/s1. The van der Waals surface area contributed by atoms with Gasteiger partial charge in [0.1, 0.15) is 12.3 Å². The van der Waals surface area contributed by atoms with Crippen LogP contribution in [-0.4, -0.2) is 23.5 Å². The molecule has 0 aliphatic rings. The molecule has 0 aliphatic carbocycles. The summed E-state index contributed by atoms with van der Waals surface area (Å²) in [4.78, 5) is 21.0. The average molecular weight is 263 g/mol. The Morgan fingerprint density at radius 3 is 2.84 bits per heavy atom. The lowest BCUT2D eigenvalue weighted by Gasteiger charge is -2.14. The lowest BCUT2D eigenvalue weighted by molar-refractivity contribution is -0.384. The Balaban J connectivity index is 2.86. The van der Waals surface area contributed by atoms with Crippen LogP contribution in [0.15, 0.2) is 18.2 Å². The van der Waals surface area contributed by atoms with Crippen molar-refractivity contribution >= 4 is 17.3 Å². The van der Waals surface area contributed by atoms with Crippen LogP contribution in [0.1, 0.15) is 19.4 Å². The van der Waals surface area contributed by atoms with Gasteiger partial charge in [-0.1, -0.05) is 0 Å². The Kier molecular flexibility index (Phi) is 4.83. The van der Waals surface area contributed by atoms with Crippen molar-refractivity contribution in [2.45, 2.75) is 19.9 Å². The van der Waals surface area contributed by atoms with Crippen LogP contribution in [0, 0.1) is 21.4 Å². The lowest BCUT2D eigenvalue weighted by atomic mass is 10.1. The summed E-state index contributed by atoms with van der Waals surface area (Å²) in [5.74, 6) is -0.414. The van der Waals surface area contributed by atoms with Crippen LogP contribution in [0.2, 0.25) is 0 Å². The first kappa shape index (κ1) is 14.4. The first-order chi connectivity index (χ1) is 8.93. The van der Waals surface area contributed by atoms with E-state index in [0.717, 1.165) is 0 Å². The predicted octanol–water partition coefficient (Wildman–Crippen LogP) is 1.83. The molecule has 0 radical (unpaired) electrons. The molecule has 0 amide bonds. The molecule has 100 valence electrons. The number of rotatable bonds is 5. The minimum Gasteiger partial charge on any atom is -0.464 e. The molecule has 0 saturated carbocycles. The highest BCUT2D eigenvalue weighted by molar-refractivity contribution is 5.66. The molecule has 0 aliphatic heterocycles. The maximum Gasteiger partial charge on any atom is 0.302 e. The average Bonchev–Trinajstić information content (AvgIpc) is 2.36. The van der Waals surface area contributed by atoms with Gasteiger partial charge in [-0.25, -0.2) is 0 Å². The van der Waals surface area contributed by atoms with Crippen LogP contribution in [0.25, 0.3) is 0 Å². The topological polar surface area (TPSA) is 105 Å². The van der Waals surface area contributed by atoms with Crippen molar-refractivity contribution in [3.05, 3.63) is 33.9 Å². The van der Waals surface area contributed by atoms with E-state index >= 15 is 0 Å². The fourth-order valence-electron chi connectivity index (χ4n) is 1.42. The van der Waals surface area contributed by atoms with Crippen LogP contribution in [-0.2, 0) is 9.53 Å². The molecule has 0 fully saturated rings. The highest BCUT2D eigenvalue weighted by Gasteiger charge is 2.16. The SMILES string of the molecule is CC(=O)OC[C@@H](C)Nc1ccc(C#N)cc1[N+](=O)[O-]. The van der Waals surface area contributed by atoms with Crippen molar-refractivity contribution in [2.75, 3.05) is 11.9 Å². The number of anilines is 1. The molecule has 0 bridgehead atoms. The van der Waals surface area contributed by atoms with Crippen LogP contribution in [0.4, 0.5) is 11.4 Å².